The third kappa shape index (κ3) is 2.60. The van der Waals surface area contributed by atoms with Crippen LogP contribution in [-0.4, -0.2) is 17.7 Å². The van der Waals surface area contributed by atoms with Gasteiger partial charge in [-0.2, -0.15) is 0 Å². The maximum Gasteiger partial charge on any atom is 0.254 e. The van der Waals surface area contributed by atoms with Crippen molar-refractivity contribution in [3.63, 3.8) is 0 Å². The molecule has 0 radical (unpaired) electrons. The summed E-state index contributed by atoms with van der Waals surface area (Å²) in [5, 5.41) is 0. The highest BCUT2D eigenvalue weighted by Crippen LogP contribution is 2.08. The maximum absolute atomic E-state index is 11.4. The number of hydrogen-bond acceptors (Lipinski definition) is 3. The number of nitrogens with two attached hydrogens (primary N) is 1. The third-order valence-corrected chi connectivity index (χ3v) is 2.09. The number of nitrogens with zero attached hydrogens (tertiary/aromatic N) is 1. The van der Waals surface area contributed by atoms with Gasteiger partial charge >= 0.3 is 0 Å². The van der Waals surface area contributed by atoms with Crippen LogP contribution in [0.3, 0.4) is 0 Å². The molecule has 4 heteroatoms. The van der Waals surface area contributed by atoms with Gasteiger partial charge in [0.15, 0.2) is 0 Å². The van der Waals surface area contributed by atoms with Crippen molar-refractivity contribution in [2.24, 2.45) is 12.8 Å². The van der Waals surface area contributed by atoms with E-state index in [-0.39, 0.29) is 5.56 Å². The molecule has 0 aliphatic carbocycles. The van der Waals surface area contributed by atoms with Crippen LogP contribution in [0.2, 0.25) is 0 Å². The monoisotopic (exact) mass is 196 g/mol. The Labute approximate surface area is 83.3 Å². The Morgan fingerprint density at radius 2 is 2.21 bits per heavy atom. The van der Waals surface area contributed by atoms with Gasteiger partial charge in [0.25, 0.3) is 5.56 Å². The average Bonchev–Trinajstić information content (AvgIpc) is 2.14. The lowest BCUT2D eigenvalue weighted by atomic mass is 10.3. The fraction of sp³-hybridized carbons (Fsp3) is 0.500. The Bertz CT molecular complexity index is 358. The van der Waals surface area contributed by atoms with E-state index in [0.29, 0.717) is 18.9 Å². The standard InChI is InChI=1S/C10H16N2O2/c1-8-6-9(14-5-3-4-11)7-10(13)12(8)2/h6-7H,3-5,11H2,1-2H3. The molecule has 0 fully saturated rings. The van der Waals surface area contributed by atoms with Crippen LogP contribution in [0.4, 0.5) is 0 Å². The summed E-state index contributed by atoms with van der Waals surface area (Å²) >= 11 is 0. The highest BCUT2D eigenvalue weighted by Gasteiger charge is 2.00. The highest BCUT2D eigenvalue weighted by molar-refractivity contribution is 5.22. The number of ether oxygens (including phenoxy) is 1. The van der Waals surface area contributed by atoms with Crippen LogP contribution in [0.25, 0.3) is 0 Å². The summed E-state index contributed by atoms with van der Waals surface area (Å²) in [6.45, 7) is 3.03. The maximum atomic E-state index is 11.4. The van der Waals surface area contributed by atoms with Gasteiger partial charge in [-0.05, 0) is 26.0 Å². The van der Waals surface area contributed by atoms with E-state index in [1.165, 1.54) is 6.07 Å². The molecule has 0 saturated heterocycles. The summed E-state index contributed by atoms with van der Waals surface area (Å²) in [4.78, 5) is 11.4. The predicted molar refractivity (Wildman–Crippen MR) is 55.6 cm³/mol. The molecule has 0 aliphatic rings. The van der Waals surface area contributed by atoms with Gasteiger partial charge in [0, 0.05) is 18.8 Å². The van der Waals surface area contributed by atoms with Crippen LogP contribution in [0.15, 0.2) is 16.9 Å². The minimum Gasteiger partial charge on any atom is -0.493 e. The van der Waals surface area contributed by atoms with Crippen LogP contribution in [-0.2, 0) is 7.05 Å². The number of aromatic nitrogens is 1. The highest BCUT2D eigenvalue weighted by atomic mass is 16.5. The molecule has 0 aliphatic heterocycles. The SMILES string of the molecule is Cc1cc(OCCCN)cc(=O)n1C. The van der Waals surface area contributed by atoms with Gasteiger partial charge in [0.05, 0.1) is 6.61 Å². The molecule has 0 spiro atoms. The zero-order valence-electron chi connectivity index (χ0n) is 8.62. The second-order valence-corrected chi connectivity index (χ2v) is 3.22. The molecule has 78 valence electrons. The zero-order chi connectivity index (χ0) is 10.6. The van der Waals surface area contributed by atoms with Gasteiger partial charge < -0.3 is 15.0 Å². The molecule has 0 saturated carbocycles. The molecular formula is C10H16N2O2. The number of hydrogen-bond donors (Lipinski definition) is 1. The van der Waals surface area contributed by atoms with Crippen LogP contribution in [0.5, 0.6) is 5.75 Å². The average molecular weight is 196 g/mol. The summed E-state index contributed by atoms with van der Waals surface area (Å²) in [6, 6.07) is 3.33. The van der Waals surface area contributed by atoms with Crippen LogP contribution in [0, 0.1) is 6.92 Å². The Hall–Kier alpha value is -1.29. The molecule has 0 atom stereocenters. The molecule has 4 nitrogen and oxygen atoms in total. The quantitative estimate of drug-likeness (QED) is 0.710. The van der Waals surface area contributed by atoms with E-state index in [2.05, 4.69) is 0 Å². The van der Waals surface area contributed by atoms with Crippen molar-refractivity contribution in [2.75, 3.05) is 13.2 Å². The summed E-state index contributed by atoms with van der Waals surface area (Å²) in [5.74, 6) is 0.624. The fourth-order valence-corrected chi connectivity index (χ4v) is 1.09. The molecule has 0 aromatic carbocycles. The van der Waals surface area contributed by atoms with Crippen LogP contribution in [0.1, 0.15) is 12.1 Å². The van der Waals surface area contributed by atoms with Crippen molar-refractivity contribution >= 4 is 0 Å². The fourth-order valence-electron chi connectivity index (χ4n) is 1.09. The lowest BCUT2D eigenvalue weighted by molar-refractivity contribution is 0.312. The van der Waals surface area contributed by atoms with E-state index in [9.17, 15) is 4.79 Å². The van der Waals surface area contributed by atoms with E-state index >= 15 is 0 Å². The van der Waals surface area contributed by atoms with Gasteiger partial charge in [-0.3, -0.25) is 4.79 Å². The van der Waals surface area contributed by atoms with Gasteiger partial charge in [-0.25, -0.2) is 0 Å². The van der Waals surface area contributed by atoms with Crippen LogP contribution < -0.4 is 16.0 Å². The van der Waals surface area contributed by atoms with Gasteiger partial charge in [-0.1, -0.05) is 0 Å². The lowest BCUT2D eigenvalue weighted by Crippen LogP contribution is -2.18. The first kappa shape index (κ1) is 10.8. The van der Waals surface area contributed by atoms with E-state index < -0.39 is 0 Å². The van der Waals surface area contributed by atoms with Crippen molar-refractivity contribution in [1.82, 2.24) is 4.57 Å². The largest absolute Gasteiger partial charge is 0.493 e. The predicted octanol–water partition coefficient (Wildman–Crippen LogP) is 0.421. The van der Waals surface area contributed by atoms with Crippen molar-refractivity contribution in [3.8, 4) is 5.75 Å². The van der Waals surface area contributed by atoms with Crippen molar-refractivity contribution in [1.29, 1.82) is 0 Å². The minimum atomic E-state index is -0.0484. The smallest absolute Gasteiger partial charge is 0.254 e. The summed E-state index contributed by atoms with van der Waals surface area (Å²) in [5.41, 5.74) is 6.17. The molecule has 2 N–H and O–H groups in total. The van der Waals surface area contributed by atoms with E-state index in [0.717, 1.165) is 12.1 Å². The topological polar surface area (TPSA) is 57.2 Å². The zero-order valence-corrected chi connectivity index (χ0v) is 8.62. The molecule has 0 amide bonds. The first-order chi connectivity index (χ1) is 6.65. The third-order valence-electron chi connectivity index (χ3n) is 2.09. The van der Waals surface area contributed by atoms with Gasteiger partial charge in [0.1, 0.15) is 5.75 Å². The summed E-state index contributed by atoms with van der Waals surface area (Å²) in [7, 11) is 1.74. The van der Waals surface area contributed by atoms with Gasteiger partial charge in [-0.15, -0.1) is 0 Å². The first-order valence-corrected chi connectivity index (χ1v) is 4.65. The second kappa shape index (κ2) is 4.81. The molecule has 1 aromatic heterocycles. The molecule has 1 rings (SSSR count). The minimum absolute atomic E-state index is 0.0484. The normalized spacial score (nSPS) is 10.2. The van der Waals surface area contributed by atoms with Crippen molar-refractivity contribution < 1.29 is 4.74 Å². The molecule has 14 heavy (non-hydrogen) atoms. The number of pyridine rings is 1. The molecule has 0 bridgehead atoms. The van der Waals surface area contributed by atoms with E-state index in [1.807, 2.05) is 13.0 Å². The second-order valence-electron chi connectivity index (χ2n) is 3.22. The summed E-state index contributed by atoms with van der Waals surface area (Å²) < 4.78 is 6.95. The Balaban J connectivity index is 2.75. The molecule has 1 aromatic rings. The van der Waals surface area contributed by atoms with Crippen molar-refractivity contribution in [2.45, 2.75) is 13.3 Å². The molecule has 1 heterocycles. The Morgan fingerprint density at radius 1 is 1.50 bits per heavy atom. The summed E-state index contributed by atoms with van der Waals surface area (Å²) in [6.07, 6.45) is 0.800. The van der Waals surface area contributed by atoms with Gasteiger partial charge in [0.2, 0.25) is 0 Å². The van der Waals surface area contributed by atoms with E-state index in [4.69, 9.17) is 10.5 Å². The molecular weight excluding hydrogens is 180 g/mol. The van der Waals surface area contributed by atoms with E-state index in [1.54, 1.807) is 11.6 Å². The lowest BCUT2D eigenvalue weighted by Gasteiger charge is -2.08. The van der Waals surface area contributed by atoms with Crippen molar-refractivity contribution in [3.05, 3.63) is 28.2 Å². The number of rotatable bonds is 4. The molecule has 0 unspecified atom stereocenters. The number of aryl methyl sites for hydroxylation is 1. The van der Waals surface area contributed by atoms with Crippen LogP contribution >= 0.6 is 0 Å². The Morgan fingerprint density at radius 3 is 2.79 bits per heavy atom. The Kier molecular flexibility index (Phi) is 3.71. The first-order valence-electron chi connectivity index (χ1n) is 4.65.